The van der Waals surface area contributed by atoms with Gasteiger partial charge in [0.15, 0.2) is 0 Å². The van der Waals surface area contributed by atoms with E-state index in [-0.39, 0.29) is 0 Å². The number of hydrogen-bond acceptors (Lipinski definition) is 3. The zero-order chi connectivity index (χ0) is 9.71. The van der Waals surface area contributed by atoms with Gasteiger partial charge in [0.05, 0.1) is 4.47 Å². The zero-order valence-electron chi connectivity index (χ0n) is 7.83. The highest BCUT2D eigenvalue weighted by Gasteiger charge is 2.41. The number of aromatic nitrogens is 1. The Kier molecular flexibility index (Phi) is 1.82. The van der Waals surface area contributed by atoms with E-state index >= 15 is 0 Å². The molecule has 2 bridgehead atoms. The first-order valence-electron chi connectivity index (χ1n) is 4.81. The Hall–Kier alpha value is -0.610. The van der Waals surface area contributed by atoms with E-state index in [2.05, 4.69) is 33.2 Å². The maximum absolute atomic E-state index is 5.92. The van der Waals surface area contributed by atoms with Crippen LogP contribution in [-0.4, -0.2) is 17.6 Å². The third-order valence-corrected chi connectivity index (χ3v) is 3.70. The highest BCUT2D eigenvalue weighted by Crippen LogP contribution is 2.44. The van der Waals surface area contributed by atoms with Crippen LogP contribution in [-0.2, 0) is 0 Å². The van der Waals surface area contributed by atoms with Gasteiger partial charge in [-0.15, -0.1) is 0 Å². The third-order valence-electron chi connectivity index (χ3n) is 3.14. The molecule has 1 N–H and O–H groups in total. The smallest absolute Gasteiger partial charge is 0.141 e. The monoisotopic (exact) mass is 254 g/mol. The van der Waals surface area contributed by atoms with Gasteiger partial charge < -0.3 is 10.1 Å². The van der Waals surface area contributed by atoms with Crippen LogP contribution in [0.15, 0.2) is 16.9 Å². The van der Waals surface area contributed by atoms with Gasteiger partial charge in [0.2, 0.25) is 0 Å². The van der Waals surface area contributed by atoms with Crippen molar-refractivity contribution in [1.82, 2.24) is 10.3 Å². The lowest BCUT2D eigenvalue weighted by molar-refractivity contribution is 0.151. The summed E-state index contributed by atoms with van der Waals surface area (Å²) in [5, 5.41) is 3.47. The SMILES string of the molecule is C[C@@H]1C2CN[C@H]1c1cncc(Br)c1O2. The Morgan fingerprint density at radius 3 is 3.29 bits per heavy atom. The van der Waals surface area contributed by atoms with Crippen molar-refractivity contribution in [3.05, 3.63) is 22.4 Å². The van der Waals surface area contributed by atoms with Crippen LogP contribution in [0.3, 0.4) is 0 Å². The molecule has 2 aliphatic heterocycles. The van der Waals surface area contributed by atoms with E-state index in [9.17, 15) is 0 Å². The van der Waals surface area contributed by atoms with Gasteiger partial charge in [-0.05, 0) is 15.9 Å². The van der Waals surface area contributed by atoms with Crippen molar-refractivity contribution in [3.8, 4) is 5.75 Å². The molecule has 14 heavy (non-hydrogen) atoms. The second kappa shape index (κ2) is 2.94. The second-order valence-corrected chi connectivity index (χ2v) is 4.80. The van der Waals surface area contributed by atoms with Crippen LogP contribution in [0.2, 0.25) is 0 Å². The Bertz CT molecular complexity index is 382. The van der Waals surface area contributed by atoms with Gasteiger partial charge in [0, 0.05) is 36.5 Å². The van der Waals surface area contributed by atoms with Crippen LogP contribution >= 0.6 is 15.9 Å². The minimum Gasteiger partial charge on any atom is -0.487 e. The summed E-state index contributed by atoms with van der Waals surface area (Å²) in [7, 11) is 0. The van der Waals surface area contributed by atoms with Crippen molar-refractivity contribution in [2.24, 2.45) is 5.92 Å². The highest BCUT2D eigenvalue weighted by atomic mass is 79.9. The quantitative estimate of drug-likeness (QED) is 0.768. The number of ether oxygens (including phenoxy) is 1. The van der Waals surface area contributed by atoms with Gasteiger partial charge in [-0.3, -0.25) is 4.98 Å². The van der Waals surface area contributed by atoms with E-state index in [4.69, 9.17) is 4.74 Å². The molecule has 1 aromatic heterocycles. The lowest BCUT2D eigenvalue weighted by Crippen LogP contribution is -2.28. The van der Waals surface area contributed by atoms with Crippen LogP contribution in [0.5, 0.6) is 5.75 Å². The van der Waals surface area contributed by atoms with Crippen molar-refractivity contribution < 1.29 is 4.74 Å². The number of nitrogens with one attached hydrogen (secondary N) is 1. The predicted octanol–water partition coefficient (Wildman–Crippen LogP) is 1.89. The Balaban J connectivity index is 2.16. The average Bonchev–Trinajstić information content (AvgIpc) is 2.44. The maximum atomic E-state index is 5.92. The zero-order valence-corrected chi connectivity index (χ0v) is 9.41. The van der Waals surface area contributed by atoms with Crippen LogP contribution in [0, 0.1) is 5.92 Å². The molecule has 3 rings (SSSR count). The molecular weight excluding hydrogens is 244 g/mol. The number of nitrogens with zero attached hydrogens (tertiary/aromatic N) is 1. The first-order valence-corrected chi connectivity index (χ1v) is 5.60. The summed E-state index contributed by atoms with van der Waals surface area (Å²) >= 11 is 3.47. The Morgan fingerprint density at radius 2 is 2.43 bits per heavy atom. The van der Waals surface area contributed by atoms with Gasteiger partial charge in [-0.1, -0.05) is 6.92 Å². The summed E-state index contributed by atoms with van der Waals surface area (Å²) < 4.78 is 6.88. The summed E-state index contributed by atoms with van der Waals surface area (Å²) in [6.07, 6.45) is 4.00. The highest BCUT2D eigenvalue weighted by molar-refractivity contribution is 9.10. The lowest BCUT2D eigenvalue weighted by Gasteiger charge is -2.29. The van der Waals surface area contributed by atoms with Gasteiger partial charge >= 0.3 is 0 Å². The number of halogens is 1. The minimum absolute atomic E-state index is 0.311. The number of rotatable bonds is 0. The van der Waals surface area contributed by atoms with E-state index < -0.39 is 0 Å². The van der Waals surface area contributed by atoms with Crippen LogP contribution in [0.25, 0.3) is 0 Å². The molecule has 0 saturated carbocycles. The standard InChI is InChI=1S/C10H11BrN2O/c1-5-8-4-13-9(5)6-2-12-3-7(11)10(6)14-8/h2-3,5,8-9,13H,4H2,1H3/t5-,8?,9-/m1/s1. The van der Waals surface area contributed by atoms with Crippen LogP contribution in [0.1, 0.15) is 18.5 Å². The lowest BCUT2D eigenvalue weighted by atomic mass is 9.92. The van der Waals surface area contributed by atoms with Gasteiger partial charge in [0.25, 0.3) is 0 Å². The topological polar surface area (TPSA) is 34.2 Å². The minimum atomic E-state index is 0.311. The van der Waals surface area contributed by atoms with Crippen LogP contribution < -0.4 is 10.1 Å². The largest absolute Gasteiger partial charge is 0.487 e. The average molecular weight is 255 g/mol. The molecule has 74 valence electrons. The molecule has 1 fully saturated rings. The van der Waals surface area contributed by atoms with Gasteiger partial charge in [-0.25, -0.2) is 0 Å². The molecule has 3 nitrogen and oxygen atoms in total. The summed E-state index contributed by atoms with van der Waals surface area (Å²) in [4.78, 5) is 4.18. The number of hydrogen-bond donors (Lipinski definition) is 1. The molecule has 1 saturated heterocycles. The number of pyridine rings is 1. The number of fused-ring (bicyclic) bond motifs is 4. The summed E-state index contributed by atoms with van der Waals surface area (Å²) in [5.41, 5.74) is 1.18. The molecule has 2 aliphatic rings. The van der Waals surface area contributed by atoms with E-state index in [1.807, 2.05) is 6.20 Å². The first kappa shape index (κ1) is 8.68. The molecule has 0 amide bonds. The van der Waals surface area contributed by atoms with E-state index in [0.717, 1.165) is 16.8 Å². The molecule has 0 aromatic carbocycles. The molecule has 0 aliphatic carbocycles. The molecule has 0 radical (unpaired) electrons. The molecule has 1 unspecified atom stereocenters. The molecule has 0 spiro atoms. The first-order chi connectivity index (χ1) is 6.77. The molecule has 3 atom stereocenters. The summed E-state index contributed by atoms with van der Waals surface area (Å²) in [6, 6.07) is 0.411. The molecule has 1 aromatic rings. The van der Waals surface area contributed by atoms with Crippen LogP contribution in [0.4, 0.5) is 0 Å². The molecule has 3 heterocycles. The summed E-state index contributed by atoms with van der Waals surface area (Å²) in [6.45, 7) is 3.16. The van der Waals surface area contributed by atoms with Gasteiger partial charge in [0.1, 0.15) is 11.9 Å². The van der Waals surface area contributed by atoms with E-state index in [1.54, 1.807) is 6.20 Å². The Labute approximate surface area is 91.0 Å². The fourth-order valence-electron chi connectivity index (χ4n) is 2.31. The van der Waals surface area contributed by atoms with Crippen molar-refractivity contribution in [2.75, 3.05) is 6.54 Å². The van der Waals surface area contributed by atoms with Crippen molar-refractivity contribution in [3.63, 3.8) is 0 Å². The van der Waals surface area contributed by atoms with Crippen molar-refractivity contribution >= 4 is 15.9 Å². The normalized spacial score (nSPS) is 33.7. The van der Waals surface area contributed by atoms with Crippen molar-refractivity contribution in [1.29, 1.82) is 0 Å². The summed E-state index contributed by atoms with van der Waals surface area (Å²) in [5.74, 6) is 1.51. The second-order valence-electron chi connectivity index (χ2n) is 3.94. The maximum Gasteiger partial charge on any atom is 0.141 e. The third kappa shape index (κ3) is 1.04. The molecule has 4 heteroatoms. The fraction of sp³-hybridized carbons (Fsp3) is 0.500. The fourth-order valence-corrected chi connectivity index (χ4v) is 2.75. The molecular formula is C10H11BrN2O. The van der Waals surface area contributed by atoms with E-state index in [1.165, 1.54) is 5.56 Å². The van der Waals surface area contributed by atoms with Gasteiger partial charge in [-0.2, -0.15) is 0 Å². The predicted molar refractivity (Wildman–Crippen MR) is 56.3 cm³/mol. The van der Waals surface area contributed by atoms with E-state index in [0.29, 0.717) is 18.1 Å². The Morgan fingerprint density at radius 1 is 1.57 bits per heavy atom. The van der Waals surface area contributed by atoms with Crippen molar-refractivity contribution in [2.45, 2.75) is 19.1 Å².